The molecule has 5 nitrogen and oxygen atoms in total. The minimum atomic E-state index is -0.701. The quantitative estimate of drug-likeness (QED) is 0.329. The van der Waals surface area contributed by atoms with Crippen LogP contribution >= 0.6 is 11.6 Å². The SMILES string of the molecule is Cc1ccc(C(OC/C(N)=C/N(C)N)C(C)(C)C=O)cc1CCl. The summed E-state index contributed by atoms with van der Waals surface area (Å²) in [5.74, 6) is 5.94. The molecule has 0 heterocycles. The number of nitrogens with zero attached hydrogens (tertiary/aromatic N) is 1. The predicted octanol–water partition coefficient (Wildman–Crippen LogP) is 2.62. The van der Waals surface area contributed by atoms with Gasteiger partial charge in [-0.1, -0.05) is 32.0 Å². The van der Waals surface area contributed by atoms with Crippen molar-refractivity contribution in [2.24, 2.45) is 17.0 Å². The molecule has 0 bridgehead atoms. The number of ether oxygens (including phenoxy) is 1. The van der Waals surface area contributed by atoms with Crippen LogP contribution in [0.1, 0.15) is 36.6 Å². The van der Waals surface area contributed by atoms with Gasteiger partial charge in [-0.3, -0.25) is 0 Å². The molecule has 0 aromatic heterocycles. The number of carbonyl (C=O) groups excluding carboxylic acids is 1. The van der Waals surface area contributed by atoms with Crippen molar-refractivity contribution in [1.29, 1.82) is 0 Å². The normalized spacial score (nSPS) is 13.7. The van der Waals surface area contributed by atoms with Crippen LogP contribution in [0.3, 0.4) is 0 Å². The van der Waals surface area contributed by atoms with Crippen LogP contribution in [0.2, 0.25) is 0 Å². The summed E-state index contributed by atoms with van der Waals surface area (Å²) in [6, 6.07) is 5.92. The van der Waals surface area contributed by atoms with Crippen molar-refractivity contribution < 1.29 is 9.53 Å². The lowest BCUT2D eigenvalue weighted by Crippen LogP contribution is -2.28. The number of hydrazine groups is 1. The molecule has 0 aliphatic carbocycles. The number of nitrogens with two attached hydrogens (primary N) is 2. The number of alkyl halides is 1. The first-order valence-corrected chi connectivity index (χ1v) is 7.91. The van der Waals surface area contributed by atoms with E-state index in [0.717, 1.165) is 23.0 Å². The minimum Gasteiger partial charge on any atom is -0.399 e. The molecule has 128 valence electrons. The lowest BCUT2D eigenvalue weighted by Gasteiger charge is -2.30. The monoisotopic (exact) mass is 339 g/mol. The highest BCUT2D eigenvalue weighted by molar-refractivity contribution is 6.17. The molecule has 6 heteroatoms. The number of halogens is 1. The summed E-state index contributed by atoms with van der Waals surface area (Å²) in [5.41, 5.74) is 8.67. The zero-order valence-electron chi connectivity index (χ0n) is 14.2. The van der Waals surface area contributed by atoms with Crippen molar-refractivity contribution >= 4 is 17.9 Å². The summed E-state index contributed by atoms with van der Waals surface area (Å²) >= 11 is 5.98. The Morgan fingerprint density at radius 1 is 1.48 bits per heavy atom. The van der Waals surface area contributed by atoms with Crippen LogP contribution in [-0.2, 0) is 15.4 Å². The summed E-state index contributed by atoms with van der Waals surface area (Å²) in [7, 11) is 1.67. The second kappa shape index (κ2) is 8.34. The fourth-order valence-corrected chi connectivity index (χ4v) is 2.57. The molecule has 1 aromatic carbocycles. The van der Waals surface area contributed by atoms with Crippen LogP contribution in [0.4, 0.5) is 0 Å². The smallest absolute Gasteiger partial charge is 0.128 e. The molecule has 1 atom stereocenters. The van der Waals surface area contributed by atoms with Crippen LogP contribution in [0.15, 0.2) is 30.1 Å². The molecule has 1 rings (SSSR count). The van der Waals surface area contributed by atoms with Crippen LogP contribution in [0.25, 0.3) is 0 Å². The van der Waals surface area contributed by atoms with Gasteiger partial charge in [0.05, 0.1) is 23.8 Å². The van der Waals surface area contributed by atoms with Crippen LogP contribution in [-0.4, -0.2) is 24.9 Å². The Bertz CT molecular complexity index is 571. The molecular weight excluding hydrogens is 314 g/mol. The summed E-state index contributed by atoms with van der Waals surface area (Å²) < 4.78 is 5.94. The van der Waals surface area contributed by atoms with E-state index >= 15 is 0 Å². The van der Waals surface area contributed by atoms with Crippen molar-refractivity contribution in [3.05, 3.63) is 46.8 Å². The number of rotatable bonds is 8. The predicted molar refractivity (Wildman–Crippen MR) is 93.5 cm³/mol. The zero-order chi connectivity index (χ0) is 17.6. The average Bonchev–Trinajstić information content (AvgIpc) is 2.48. The van der Waals surface area contributed by atoms with Crippen LogP contribution in [0, 0.1) is 12.3 Å². The van der Waals surface area contributed by atoms with Gasteiger partial charge in [-0.15, -0.1) is 11.6 Å². The molecular formula is C17H26ClN3O2. The van der Waals surface area contributed by atoms with E-state index in [9.17, 15) is 4.79 Å². The Balaban J connectivity index is 3.09. The zero-order valence-corrected chi connectivity index (χ0v) is 14.9. The fraction of sp³-hybridized carbons (Fsp3) is 0.471. The van der Waals surface area contributed by atoms with Gasteiger partial charge in [0.15, 0.2) is 0 Å². The topological polar surface area (TPSA) is 81.6 Å². The summed E-state index contributed by atoms with van der Waals surface area (Å²) in [5, 5.41) is 1.36. The molecule has 0 aliphatic rings. The van der Waals surface area contributed by atoms with E-state index < -0.39 is 11.5 Å². The van der Waals surface area contributed by atoms with E-state index in [0.29, 0.717) is 11.6 Å². The first kappa shape index (κ1) is 19.5. The third kappa shape index (κ3) is 5.53. The Labute approximate surface area is 143 Å². The molecule has 0 radical (unpaired) electrons. The maximum absolute atomic E-state index is 11.5. The first-order valence-electron chi connectivity index (χ1n) is 7.38. The Morgan fingerprint density at radius 2 is 2.13 bits per heavy atom. The molecule has 0 aliphatic heterocycles. The molecule has 0 amide bonds. The van der Waals surface area contributed by atoms with Crippen molar-refractivity contribution in [2.45, 2.75) is 32.8 Å². The average molecular weight is 340 g/mol. The molecule has 0 spiro atoms. The second-order valence-electron chi connectivity index (χ2n) is 6.32. The Kier molecular flexibility index (Phi) is 7.06. The molecule has 4 N–H and O–H groups in total. The number of aldehydes is 1. The molecule has 1 aromatic rings. The van der Waals surface area contributed by atoms with Gasteiger partial charge in [0.25, 0.3) is 0 Å². The fourth-order valence-electron chi connectivity index (χ4n) is 2.28. The van der Waals surface area contributed by atoms with Crippen molar-refractivity contribution in [3.8, 4) is 0 Å². The minimum absolute atomic E-state index is 0.174. The van der Waals surface area contributed by atoms with Gasteiger partial charge in [0, 0.05) is 19.1 Å². The van der Waals surface area contributed by atoms with Crippen molar-refractivity contribution in [1.82, 2.24) is 5.01 Å². The number of aryl methyl sites for hydroxylation is 1. The number of hydrogen-bond acceptors (Lipinski definition) is 5. The summed E-state index contributed by atoms with van der Waals surface area (Å²) in [4.78, 5) is 11.5. The van der Waals surface area contributed by atoms with Gasteiger partial charge in [-0.25, -0.2) is 5.84 Å². The van der Waals surface area contributed by atoms with E-state index in [1.165, 1.54) is 5.01 Å². The summed E-state index contributed by atoms with van der Waals surface area (Å²) in [6.07, 6.45) is 2.04. The van der Waals surface area contributed by atoms with Gasteiger partial charge in [-0.05, 0) is 23.6 Å². The third-order valence-corrected chi connectivity index (χ3v) is 3.87. The van der Waals surface area contributed by atoms with E-state index in [4.69, 9.17) is 27.9 Å². The van der Waals surface area contributed by atoms with Crippen molar-refractivity contribution in [2.75, 3.05) is 13.7 Å². The lowest BCUT2D eigenvalue weighted by molar-refractivity contribution is -0.123. The molecule has 23 heavy (non-hydrogen) atoms. The molecule has 1 unspecified atom stereocenters. The number of benzene rings is 1. The van der Waals surface area contributed by atoms with E-state index in [1.54, 1.807) is 13.2 Å². The largest absolute Gasteiger partial charge is 0.399 e. The Morgan fingerprint density at radius 3 is 2.65 bits per heavy atom. The second-order valence-corrected chi connectivity index (χ2v) is 6.59. The standard InChI is InChI=1S/C17H26ClN3O2/c1-12-5-6-13(7-14(12)8-18)16(17(2,3)11-22)23-10-15(19)9-21(4)20/h5-7,9,11,16H,8,10,19-20H2,1-4H3/b15-9-. The molecule has 0 saturated carbocycles. The van der Waals surface area contributed by atoms with E-state index in [2.05, 4.69) is 0 Å². The highest BCUT2D eigenvalue weighted by Gasteiger charge is 2.32. The van der Waals surface area contributed by atoms with Crippen LogP contribution < -0.4 is 11.6 Å². The van der Waals surface area contributed by atoms with E-state index in [-0.39, 0.29) is 6.61 Å². The summed E-state index contributed by atoms with van der Waals surface area (Å²) in [6.45, 7) is 5.84. The van der Waals surface area contributed by atoms with Gasteiger partial charge < -0.3 is 20.3 Å². The highest BCUT2D eigenvalue weighted by atomic mass is 35.5. The highest BCUT2D eigenvalue weighted by Crippen LogP contribution is 2.36. The molecule has 0 saturated heterocycles. The van der Waals surface area contributed by atoms with E-state index in [1.807, 2.05) is 39.0 Å². The lowest BCUT2D eigenvalue weighted by atomic mass is 9.83. The van der Waals surface area contributed by atoms with Gasteiger partial charge in [0.1, 0.15) is 6.29 Å². The maximum atomic E-state index is 11.5. The van der Waals surface area contributed by atoms with Gasteiger partial charge in [-0.2, -0.15) is 0 Å². The van der Waals surface area contributed by atoms with Gasteiger partial charge in [0.2, 0.25) is 0 Å². The Hall–Kier alpha value is -1.56. The van der Waals surface area contributed by atoms with Gasteiger partial charge >= 0.3 is 0 Å². The number of carbonyl (C=O) groups is 1. The van der Waals surface area contributed by atoms with Crippen LogP contribution in [0.5, 0.6) is 0 Å². The number of hydrogen-bond donors (Lipinski definition) is 2. The third-order valence-electron chi connectivity index (χ3n) is 3.59. The maximum Gasteiger partial charge on any atom is 0.128 e. The molecule has 0 fully saturated rings. The first-order chi connectivity index (χ1) is 10.7. The van der Waals surface area contributed by atoms with Crippen molar-refractivity contribution in [3.63, 3.8) is 0 Å².